The van der Waals surface area contributed by atoms with Gasteiger partial charge in [-0.1, -0.05) is 30.0 Å². The Balaban J connectivity index is 1.81. The minimum atomic E-state index is -0.00856. The first-order valence-corrected chi connectivity index (χ1v) is 5.24. The lowest BCUT2D eigenvalue weighted by Crippen LogP contribution is -2.34. The molecule has 0 bridgehead atoms. The molecule has 0 amide bonds. The van der Waals surface area contributed by atoms with Crippen LogP contribution in [0.1, 0.15) is 18.4 Å². The van der Waals surface area contributed by atoms with Crippen LogP contribution < -0.4 is 5.32 Å². The first-order chi connectivity index (χ1) is 7.35. The smallest absolute Gasteiger partial charge is 0.0613 e. The van der Waals surface area contributed by atoms with Gasteiger partial charge in [-0.15, -0.1) is 0 Å². The van der Waals surface area contributed by atoms with Gasteiger partial charge >= 0.3 is 0 Å². The van der Waals surface area contributed by atoms with Gasteiger partial charge in [-0.3, -0.25) is 5.32 Å². The van der Waals surface area contributed by atoms with Crippen molar-refractivity contribution in [3.05, 3.63) is 35.9 Å². The van der Waals surface area contributed by atoms with E-state index in [1.165, 1.54) is 0 Å². The van der Waals surface area contributed by atoms with Gasteiger partial charge in [0.1, 0.15) is 0 Å². The van der Waals surface area contributed by atoms with Crippen LogP contribution in [0.2, 0.25) is 0 Å². The average molecular weight is 201 g/mol. The third-order valence-corrected chi connectivity index (χ3v) is 2.71. The number of benzene rings is 1. The molecule has 1 aromatic rings. The van der Waals surface area contributed by atoms with Crippen LogP contribution >= 0.6 is 0 Å². The molecular weight excluding hydrogens is 186 g/mol. The second-order valence-corrected chi connectivity index (χ2v) is 3.96. The Morgan fingerprint density at radius 1 is 1.27 bits per heavy atom. The molecular formula is C13H15NO. The van der Waals surface area contributed by atoms with Gasteiger partial charge in [0, 0.05) is 11.1 Å². The second-order valence-electron chi connectivity index (χ2n) is 3.96. The molecule has 0 radical (unpaired) electrons. The highest BCUT2D eigenvalue weighted by atomic mass is 16.3. The summed E-state index contributed by atoms with van der Waals surface area (Å²) < 4.78 is 0. The predicted octanol–water partition coefficient (Wildman–Crippen LogP) is 1.15. The molecule has 1 saturated carbocycles. The lowest BCUT2D eigenvalue weighted by molar-refractivity contribution is 0.235. The molecule has 1 aliphatic rings. The molecule has 2 heteroatoms. The number of hydrogen-bond donors (Lipinski definition) is 2. The van der Waals surface area contributed by atoms with Crippen LogP contribution in [0.3, 0.4) is 0 Å². The first-order valence-electron chi connectivity index (χ1n) is 5.24. The van der Waals surface area contributed by atoms with Crippen LogP contribution in [0.5, 0.6) is 0 Å². The quantitative estimate of drug-likeness (QED) is 0.719. The standard InChI is InChI=1S/C13H15NO/c15-11-13(8-9-13)14-10-4-7-12-5-2-1-3-6-12/h1-3,5-6,14-15H,8-11H2. The van der Waals surface area contributed by atoms with Gasteiger partial charge in [-0.25, -0.2) is 0 Å². The van der Waals surface area contributed by atoms with E-state index >= 15 is 0 Å². The third-order valence-electron chi connectivity index (χ3n) is 2.71. The van der Waals surface area contributed by atoms with E-state index in [9.17, 15) is 0 Å². The van der Waals surface area contributed by atoms with Gasteiger partial charge in [0.05, 0.1) is 13.2 Å². The minimum absolute atomic E-state index is 0.00856. The molecule has 1 aromatic carbocycles. The van der Waals surface area contributed by atoms with Crippen molar-refractivity contribution in [1.29, 1.82) is 0 Å². The number of aliphatic hydroxyl groups excluding tert-OH is 1. The lowest BCUT2D eigenvalue weighted by atomic mass is 10.2. The molecule has 78 valence electrons. The van der Waals surface area contributed by atoms with Crippen molar-refractivity contribution >= 4 is 0 Å². The summed E-state index contributed by atoms with van der Waals surface area (Å²) >= 11 is 0. The zero-order valence-electron chi connectivity index (χ0n) is 8.66. The Hall–Kier alpha value is -1.30. The average Bonchev–Trinajstić information content (AvgIpc) is 3.07. The van der Waals surface area contributed by atoms with Crippen molar-refractivity contribution in [1.82, 2.24) is 5.32 Å². The largest absolute Gasteiger partial charge is 0.394 e. The summed E-state index contributed by atoms with van der Waals surface area (Å²) in [7, 11) is 0. The lowest BCUT2D eigenvalue weighted by Gasteiger charge is -2.10. The maximum absolute atomic E-state index is 9.06. The minimum Gasteiger partial charge on any atom is -0.394 e. The fraction of sp³-hybridized carbons (Fsp3) is 0.385. The van der Waals surface area contributed by atoms with Gasteiger partial charge in [0.25, 0.3) is 0 Å². The molecule has 1 aliphatic carbocycles. The topological polar surface area (TPSA) is 32.3 Å². The van der Waals surface area contributed by atoms with Crippen LogP contribution in [-0.4, -0.2) is 23.8 Å². The van der Waals surface area contributed by atoms with Crippen molar-refractivity contribution in [3.63, 3.8) is 0 Å². The molecule has 2 rings (SSSR count). The molecule has 0 spiro atoms. The fourth-order valence-corrected chi connectivity index (χ4v) is 1.44. The zero-order chi connectivity index (χ0) is 10.6. The molecule has 2 nitrogen and oxygen atoms in total. The Morgan fingerprint density at radius 2 is 2.00 bits per heavy atom. The van der Waals surface area contributed by atoms with Gasteiger partial charge in [-0.05, 0) is 25.0 Å². The molecule has 0 saturated heterocycles. The van der Waals surface area contributed by atoms with Crippen LogP contribution in [0, 0.1) is 11.8 Å². The van der Waals surface area contributed by atoms with E-state index in [-0.39, 0.29) is 12.1 Å². The Bertz CT molecular complexity index is 371. The van der Waals surface area contributed by atoms with Crippen molar-refractivity contribution < 1.29 is 5.11 Å². The highest BCUT2D eigenvalue weighted by Crippen LogP contribution is 2.34. The van der Waals surface area contributed by atoms with Crippen molar-refractivity contribution in [2.75, 3.05) is 13.2 Å². The van der Waals surface area contributed by atoms with Gasteiger partial charge in [0.2, 0.25) is 0 Å². The van der Waals surface area contributed by atoms with Gasteiger partial charge in [-0.2, -0.15) is 0 Å². The molecule has 0 unspecified atom stereocenters. The molecule has 2 N–H and O–H groups in total. The fourth-order valence-electron chi connectivity index (χ4n) is 1.44. The SMILES string of the molecule is OCC1(NCC#Cc2ccccc2)CC1. The Morgan fingerprint density at radius 3 is 2.60 bits per heavy atom. The van der Waals surface area contributed by atoms with Crippen LogP contribution in [0.25, 0.3) is 0 Å². The van der Waals surface area contributed by atoms with E-state index in [0.29, 0.717) is 6.54 Å². The summed E-state index contributed by atoms with van der Waals surface area (Å²) in [5.41, 5.74) is 1.03. The predicted molar refractivity (Wildman–Crippen MR) is 60.4 cm³/mol. The Kier molecular flexibility index (Phi) is 3.05. The van der Waals surface area contributed by atoms with Crippen molar-refractivity contribution in [2.24, 2.45) is 0 Å². The maximum Gasteiger partial charge on any atom is 0.0613 e. The molecule has 0 atom stereocenters. The van der Waals surface area contributed by atoms with Gasteiger partial charge in [0.15, 0.2) is 0 Å². The van der Waals surface area contributed by atoms with Gasteiger partial charge < -0.3 is 5.11 Å². The zero-order valence-corrected chi connectivity index (χ0v) is 8.66. The molecule has 0 heterocycles. The van der Waals surface area contributed by atoms with Crippen LogP contribution in [0.15, 0.2) is 30.3 Å². The highest BCUT2D eigenvalue weighted by molar-refractivity contribution is 5.33. The van der Waals surface area contributed by atoms with E-state index in [4.69, 9.17) is 5.11 Å². The monoisotopic (exact) mass is 201 g/mol. The number of rotatable bonds is 3. The van der Waals surface area contributed by atoms with E-state index in [1.54, 1.807) is 0 Å². The highest BCUT2D eigenvalue weighted by Gasteiger charge is 2.40. The van der Waals surface area contributed by atoms with E-state index in [0.717, 1.165) is 18.4 Å². The summed E-state index contributed by atoms with van der Waals surface area (Å²) in [6, 6.07) is 9.92. The second kappa shape index (κ2) is 4.48. The summed E-state index contributed by atoms with van der Waals surface area (Å²) in [5.74, 6) is 6.13. The van der Waals surface area contributed by atoms with E-state index in [2.05, 4.69) is 17.2 Å². The summed E-state index contributed by atoms with van der Waals surface area (Å²) in [4.78, 5) is 0. The molecule has 15 heavy (non-hydrogen) atoms. The number of hydrogen-bond acceptors (Lipinski definition) is 2. The van der Waals surface area contributed by atoms with Crippen LogP contribution in [-0.2, 0) is 0 Å². The normalized spacial score (nSPS) is 16.6. The molecule has 0 aliphatic heterocycles. The summed E-state index contributed by atoms with van der Waals surface area (Å²) in [5, 5.41) is 12.3. The first kappa shape index (κ1) is 10.2. The number of aliphatic hydroxyl groups is 1. The van der Waals surface area contributed by atoms with Crippen molar-refractivity contribution in [2.45, 2.75) is 18.4 Å². The van der Waals surface area contributed by atoms with Crippen molar-refractivity contribution in [3.8, 4) is 11.8 Å². The summed E-state index contributed by atoms with van der Waals surface area (Å²) in [6.45, 7) is 0.871. The third kappa shape index (κ3) is 2.82. The van der Waals surface area contributed by atoms with Crippen LogP contribution in [0.4, 0.5) is 0 Å². The van der Waals surface area contributed by atoms with E-state index < -0.39 is 0 Å². The summed E-state index contributed by atoms with van der Waals surface area (Å²) in [6.07, 6.45) is 2.13. The maximum atomic E-state index is 9.06. The van der Waals surface area contributed by atoms with E-state index in [1.807, 2.05) is 30.3 Å². The molecule has 0 aromatic heterocycles. The Labute approximate surface area is 90.3 Å². The molecule has 1 fully saturated rings. The number of nitrogens with one attached hydrogen (secondary N) is 1.